The Balaban J connectivity index is 1.89. The molecule has 3 unspecified atom stereocenters. The minimum absolute atomic E-state index is 0.105. The third-order valence-corrected chi connectivity index (χ3v) is 7.43. The highest BCUT2D eigenvalue weighted by Crippen LogP contribution is 2.39. The van der Waals surface area contributed by atoms with E-state index >= 15 is 0 Å². The lowest BCUT2D eigenvalue weighted by Gasteiger charge is -2.52. The third kappa shape index (κ3) is 7.82. The van der Waals surface area contributed by atoms with Crippen LogP contribution in [0.2, 0.25) is 0 Å². The summed E-state index contributed by atoms with van der Waals surface area (Å²) in [4.78, 5) is 12.8. The lowest BCUT2D eigenvalue weighted by molar-refractivity contribution is -0.411. The molecule has 0 aromatic carbocycles. The van der Waals surface area contributed by atoms with Crippen LogP contribution in [0.25, 0.3) is 0 Å². The van der Waals surface area contributed by atoms with Gasteiger partial charge in [0.2, 0.25) is 5.79 Å². The predicted molar refractivity (Wildman–Crippen MR) is 133 cm³/mol. The lowest BCUT2D eigenvalue weighted by Crippen LogP contribution is -2.70. The summed E-state index contributed by atoms with van der Waals surface area (Å²) < 4.78 is 36.9. The molecule has 0 aliphatic carbocycles. The van der Waals surface area contributed by atoms with Gasteiger partial charge in [-0.1, -0.05) is 0 Å². The number of aliphatic hydroxyl groups excluding tert-OH is 11. The van der Waals surface area contributed by atoms with E-state index < -0.39 is 130 Å². The fourth-order valence-corrected chi connectivity index (χ4v) is 5.17. The van der Waals surface area contributed by atoms with Gasteiger partial charge in [-0.05, 0) is 6.92 Å². The summed E-state index contributed by atoms with van der Waals surface area (Å²) in [5, 5.41) is 123. The summed E-state index contributed by atoms with van der Waals surface area (Å²) in [5.41, 5.74) is 0. The Hall–Kier alpha value is -1.25. The van der Waals surface area contributed by atoms with Crippen LogP contribution in [-0.4, -0.2) is 191 Å². The van der Waals surface area contributed by atoms with Gasteiger partial charge in [-0.3, -0.25) is 4.79 Å². The molecule has 3 aliphatic heterocycles. The van der Waals surface area contributed by atoms with E-state index in [0.717, 1.165) is 6.92 Å². The molecular formula is C24H42O20. The predicted octanol–water partition coefficient (Wildman–Crippen LogP) is -7.57. The fourth-order valence-electron chi connectivity index (χ4n) is 5.17. The molecule has 0 radical (unpaired) electrons. The number of carbonyl (C=O) groups excluding carboxylic acids is 1. The van der Waals surface area contributed by atoms with Crippen molar-refractivity contribution < 1.29 is 99.2 Å². The van der Waals surface area contributed by atoms with Crippen LogP contribution in [0.3, 0.4) is 0 Å². The van der Waals surface area contributed by atoms with E-state index in [1.54, 1.807) is 0 Å². The Bertz CT molecular complexity index is 918. The van der Waals surface area contributed by atoms with Gasteiger partial charge < -0.3 is 94.4 Å². The van der Waals surface area contributed by atoms with Crippen molar-refractivity contribution >= 4 is 5.97 Å². The monoisotopic (exact) mass is 650 g/mol. The number of hydrogen-bond acceptors (Lipinski definition) is 20. The molecule has 0 spiro atoms. The first-order chi connectivity index (χ1) is 20.6. The van der Waals surface area contributed by atoms with Gasteiger partial charge in [0.05, 0.1) is 26.4 Å². The molecule has 20 nitrogen and oxygen atoms in total. The maximum absolute atomic E-state index is 12.8. The Kier molecular flexibility index (Phi) is 12.8. The minimum atomic E-state index is -2.79. The molecule has 0 saturated carbocycles. The van der Waals surface area contributed by atoms with E-state index in [9.17, 15) is 66.1 Å². The first-order valence-electron chi connectivity index (χ1n) is 13.7. The van der Waals surface area contributed by atoms with Crippen molar-refractivity contribution in [1.82, 2.24) is 0 Å². The van der Waals surface area contributed by atoms with Crippen LogP contribution in [0.1, 0.15) is 20.3 Å². The summed E-state index contributed by atoms with van der Waals surface area (Å²) >= 11 is 0. The van der Waals surface area contributed by atoms with Crippen molar-refractivity contribution in [1.29, 1.82) is 0 Å². The van der Waals surface area contributed by atoms with Gasteiger partial charge in [-0.25, -0.2) is 0 Å². The molecule has 0 aromatic rings. The maximum atomic E-state index is 12.8. The molecule has 3 fully saturated rings. The van der Waals surface area contributed by atoms with Gasteiger partial charge in [0.25, 0.3) is 0 Å². The van der Waals surface area contributed by atoms with Crippen LogP contribution in [-0.2, 0) is 38.0 Å². The first-order valence-corrected chi connectivity index (χ1v) is 13.7. The maximum Gasteiger partial charge on any atom is 0.323 e. The summed E-state index contributed by atoms with van der Waals surface area (Å²) in [6.07, 6.45) is -27.9. The zero-order chi connectivity index (χ0) is 33.1. The van der Waals surface area contributed by atoms with Crippen LogP contribution in [0.4, 0.5) is 0 Å². The molecule has 0 amide bonds. The van der Waals surface area contributed by atoms with Crippen molar-refractivity contribution in [3.05, 3.63) is 0 Å². The molecule has 0 bridgehead atoms. The second-order valence-corrected chi connectivity index (χ2v) is 10.7. The quantitative estimate of drug-likeness (QED) is 0.0689. The number of rotatable bonds is 12. The fraction of sp³-hybridized carbons (Fsp3) is 0.958. The molecule has 20 heteroatoms. The van der Waals surface area contributed by atoms with Crippen LogP contribution in [0.5, 0.6) is 0 Å². The molecule has 258 valence electrons. The molecule has 0 aromatic heterocycles. The number of carbonyl (C=O) groups is 1. The normalized spacial score (nSPS) is 46.3. The standard InChI is InChI=1S/C24H42O20/c1-3-38-23(2,37)43-11(28)4-24(20(35)15(32)12(29)8(5-25)42-24)44-19-10(7-27)40-22(17(34)14(19)31)41-18-9(6-26)39-21(36)16(33)13(18)30/h8-10,12-22,25-27,29-37H,3-7H2,1-2H3/t8-,9-,10-,12-,13-,14-,15+,16-,17-,18-,19-,20-,21+,22?,23?,24?/m1/s1. The molecule has 3 heterocycles. The molecule has 44 heavy (non-hydrogen) atoms. The van der Waals surface area contributed by atoms with E-state index in [2.05, 4.69) is 0 Å². The highest BCUT2D eigenvalue weighted by molar-refractivity contribution is 5.71. The van der Waals surface area contributed by atoms with Gasteiger partial charge >= 0.3 is 11.9 Å². The summed E-state index contributed by atoms with van der Waals surface area (Å²) in [6.45, 7) is -0.494. The van der Waals surface area contributed by atoms with Gasteiger partial charge in [0.1, 0.15) is 79.7 Å². The van der Waals surface area contributed by atoms with E-state index in [0.29, 0.717) is 0 Å². The topological polar surface area (TPSA) is 324 Å². The smallest absolute Gasteiger partial charge is 0.323 e. The zero-order valence-corrected chi connectivity index (χ0v) is 23.8. The second kappa shape index (κ2) is 15.1. The third-order valence-electron chi connectivity index (χ3n) is 7.43. The SMILES string of the molecule is CCOC(C)(O)OC(=O)CC1(O[C@H]2[C@H](O)[C@@H](O)C(O[C@H]3[C@H](O)[C@@H](O)[C@@H](O)O[C@@H]3CO)O[C@@H]2CO)O[C@H](CO)[C@@H](O)[C@H](O)[C@H]1O. The summed E-state index contributed by atoms with van der Waals surface area (Å²) in [6, 6.07) is 0. The molecule has 16 atom stereocenters. The van der Waals surface area contributed by atoms with E-state index in [1.807, 2.05) is 0 Å². The van der Waals surface area contributed by atoms with Crippen LogP contribution >= 0.6 is 0 Å². The molecule has 3 saturated heterocycles. The number of hydrogen-bond donors (Lipinski definition) is 12. The van der Waals surface area contributed by atoms with Crippen molar-refractivity contribution in [2.45, 2.75) is 118 Å². The van der Waals surface area contributed by atoms with Crippen molar-refractivity contribution in [2.24, 2.45) is 0 Å². The van der Waals surface area contributed by atoms with E-state index in [-0.39, 0.29) is 6.61 Å². The summed E-state index contributed by atoms with van der Waals surface area (Å²) in [7, 11) is 0. The van der Waals surface area contributed by atoms with Crippen molar-refractivity contribution in [3.63, 3.8) is 0 Å². The molecule has 12 N–H and O–H groups in total. The first kappa shape index (κ1) is 37.2. The second-order valence-electron chi connectivity index (χ2n) is 10.7. The Morgan fingerprint density at radius 1 is 0.773 bits per heavy atom. The Morgan fingerprint density at radius 2 is 1.34 bits per heavy atom. The van der Waals surface area contributed by atoms with Gasteiger partial charge in [-0.15, -0.1) is 0 Å². The van der Waals surface area contributed by atoms with Gasteiger partial charge in [-0.2, -0.15) is 0 Å². The Morgan fingerprint density at radius 3 is 1.91 bits per heavy atom. The number of ether oxygens (including phenoxy) is 7. The van der Waals surface area contributed by atoms with Crippen LogP contribution in [0.15, 0.2) is 0 Å². The van der Waals surface area contributed by atoms with Crippen molar-refractivity contribution in [3.8, 4) is 0 Å². The highest BCUT2D eigenvalue weighted by Gasteiger charge is 2.60. The average molecular weight is 651 g/mol. The van der Waals surface area contributed by atoms with E-state index in [1.165, 1.54) is 6.92 Å². The highest BCUT2D eigenvalue weighted by atomic mass is 16.8. The zero-order valence-electron chi connectivity index (χ0n) is 23.8. The van der Waals surface area contributed by atoms with Crippen molar-refractivity contribution in [2.75, 3.05) is 26.4 Å². The number of aliphatic hydroxyl groups is 12. The van der Waals surface area contributed by atoms with Crippen LogP contribution in [0, 0.1) is 0 Å². The minimum Gasteiger partial charge on any atom is -0.408 e. The Labute approximate surface area is 250 Å². The van der Waals surface area contributed by atoms with Gasteiger partial charge in [0.15, 0.2) is 12.6 Å². The summed E-state index contributed by atoms with van der Waals surface area (Å²) in [5.74, 6) is -6.65. The van der Waals surface area contributed by atoms with Crippen LogP contribution < -0.4 is 0 Å². The lowest BCUT2D eigenvalue weighted by atomic mass is 9.89. The molecule has 3 aliphatic rings. The average Bonchev–Trinajstić information content (AvgIpc) is 2.96. The number of esters is 1. The van der Waals surface area contributed by atoms with E-state index in [4.69, 9.17) is 33.2 Å². The van der Waals surface area contributed by atoms with Gasteiger partial charge in [0, 0.05) is 6.92 Å². The molecule has 3 rings (SSSR count). The largest absolute Gasteiger partial charge is 0.408 e. The molecular weight excluding hydrogens is 608 g/mol.